The summed E-state index contributed by atoms with van der Waals surface area (Å²) in [5, 5.41) is 15.1. The van der Waals surface area contributed by atoms with Gasteiger partial charge in [0.15, 0.2) is 0 Å². The minimum atomic E-state index is 0.0145. The molecule has 20 heavy (non-hydrogen) atoms. The molecule has 0 radical (unpaired) electrons. The average Bonchev–Trinajstić information content (AvgIpc) is 2.48. The lowest BCUT2D eigenvalue weighted by Gasteiger charge is -2.30. The minimum Gasteiger partial charge on any atom is -0.396 e. The molecule has 0 aromatic heterocycles. The second-order valence-electron chi connectivity index (χ2n) is 5.28. The molecule has 1 fully saturated rings. The highest BCUT2D eigenvalue weighted by atomic mass is 16.3. The second kappa shape index (κ2) is 7.26. The molecule has 1 aromatic carbocycles. The monoisotopic (exact) mass is 277 g/mol. The lowest BCUT2D eigenvalue weighted by Crippen LogP contribution is -2.39. The van der Waals surface area contributed by atoms with Crippen molar-refractivity contribution in [2.24, 2.45) is 5.92 Å². The van der Waals surface area contributed by atoms with Crippen molar-refractivity contribution in [2.75, 3.05) is 43.9 Å². The van der Waals surface area contributed by atoms with Crippen LogP contribution in [0.4, 0.5) is 11.4 Å². The Morgan fingerprint density at radius 2 is 2.05 bits per heavy atom. The van der Waals surface area contributed by atoms with E-state index in [4.69, 9.17) is 5.11 Å². The van der Waals surface area contributed by atoms with Gasteiger partial charge in [0.05, 0.1) is 6.54 Å². The van der Waals surface area contributed by atoms with Crippen LogP contribution in [-0.4, -0.2) is 49.2 Å². The molecule has 1 heterocycles. The lowest BCUT2D eigenvalue weighted by molar-refractivity contribution is -0.117. The number of aliphatic hydroxyl groups is 1. The van der Waals surface area contributed by atoms with Crippen molar-refractivity contribution in [3.8, 4) is 0 Å². The molecule has 5 heteroatoms. The van der Waals surface area contributed by atoms with E-state index in [0.29, 0.717) is 12.5 Å². The van der Waals surface area contributed by atoms with Crippen LogP contribution in [0, 0.1) is 5.92 Å². The molecule has 0 aliphatic carbocycles. The van der Waals surface area contributed by atoms with E-state index in [-0.39, 0.29) is 12.5 Å². The van der Waals surface area contributed by atoms with Crippen molar-refractivity contribution in [3.63, 3.8) is 0 Å². The number of rotatable bonds is 5. The third-order valence-electron chi connectivity index (χ3n) is 3.77. The predicted molar refractivity (Wildman–Crippen MR) is 80.9 cm³/mol. The maximum absolute atomic E-state index is 12.0. The van der Waals surface area contributed by atoms with E-state index in [1.54, 1.807) is 0 Å². The molecule has 110 valence electrons. The lowest BCUT2D eigenvalue weighted by atomic mass is 9.98. The molecule has 0 atom stereocenters. The Balaban J connectivity index is 1.80. The molecule has 1 amide bonds. The van der Waals surface area contributed by atoms with Crippen molar-refractivity contribution >= 4 is 17.3 Å². The first-order valence-corrected chi connectivity index (χ1v) is 7.12. The highest BCUT2D eigenvalue weighted by Crippen LogP contribution is 2.17. The summed E-state index contributed by atoms with van der Waals surface area (Å²) in [7, 11) is 1.85. The number of anilines is 2. The van der Waals surface area contributed by atoms with Gasteiger partial charge in [0, 0.05) is 25.0 Å². The summed E-state index contributed by atoms with van der Waals surface area (Å²) < 4.78 is 0. The molecule has 0 unspecified atom stereocenters. The fourth-order valence-corrected chi connectivity index (χ4v) is 2.48. The Morgan fingerprint density at radius 3 is 2.70 bits per heavy atom. The Hall–Kier alpha value is -1.59. The SMILES string of the molecule is CNc1cccc(NC(=O)CN2CCC(CO)CC2)c1. The summed E-state index contributed by atoms with van der Waals surface area (Å²) in [6.45, 7) is 2.45. The number of piperidine rings is 1. The van der Waals surface area contributed by atoms with E-state index in [2.05, 4.69) is 15.5 Å². The quantitative estimate of drug-likeness (QED) is 0.760. The van der Waals surface area contributed by atoms with Gasteiger partial charge in [0.2, 0.25) is 5.91 Å². The number of carbonyl (C=O) groups is 1. The van der Waals surface area contributed by atoms with Crippen LogP contribution >= 0.6 is 0 Å². The summed E-state index contributed by atoms with van der Waals surface area (Å²) in [6.07, 6.45) is 1.94. The van der Waals surface area contributed by atoms with Crippen LogP contribution in [0.5, 0.6) is 0 Å². The van der Waals surface area contributed by atoms with Crippen molar-refractivity contribution in [1.29, 1.82) is 0 Å². The summed E-state index contributed by atoms with van der Waals surface area (Å²) in [4.78, 5) is 14.2. The van der Waals surface area contributed by atoms with Crippen molar-refractivity contribution < 1.29 is 9.90 Å². The molecule has 0 saturated carbocycles. The van der Waals surface area contributed by atoms with Gasteiger partial charge < -0.3 is 15.7 Å². The number of hydrogen-bond donors (Lipinski definition) is 3. The second-order valence-corrected chi connectivity index (χ2v) is 5.28. The molecule has 0 spiro atoms. The third kappa shape index (κ3) is 4.21. The molecule has 1 aliphatic rings. The number of hydrogen-bond acceptors (Lipinski definition) is 4. The van der Waals surface area contributed by atoms with E-state index in [1.807, 2.05) is 31.3 Å². The third-order valence-corrected chi connectivity index (χ3v) is 3.77. The van der Waals surface area contributed by atoms with Crippen LogP contribution in [-0.2, 0) is 4.79 Å². The zero-order valence-electron chi connectivity index (χ0n) is 11.9. The van der Waals surface area contributed by atoms with E-state index >= 15 is 0 Å². The highest BCUT2D eigenvalue weighted by molar-refractivity contribution is 5.92. The Morgan fingerprint density at radius 1 is 1.35 bits per heavy atom. The van der Waals surface area contributed by atoms with Gasteiger partial charge in [-0.25, -0.2) is 0 Å². The van der Waals surface area contributed by atoms with E-state index in [9.17, 15) is 4.79 Å². The number of amides is 1. The Kier molecular flexibility index (Phi) is 5.38. The molecule has 3 N–H and O–H groups in total. The van der Waals surface area contributed by atoms with Gasteiger partial charge in [-0.3, -0.25) is 9.69 Å². The topological polar surface area (TPSA) is 64.6 Å². The molecule has 5 nitrogen and oxygen atoms in total. The zero-order valence-corrected chi connectivity index (χ0v) is 11.9. The standard InChI is InChI=1S/C15H23N3O2/c1-16-13-3-2-4-14(9-13)17-15(20)10-18-7-5-12(11-19)6-8-18/h2-4,9,12,16,19H,5-8,10-11H2,1H3,(H,17,20). The van der Waals surface area contributed by atoms with Gasteiger partial charge in [-0.15, -0.1) is 0 Å². The van der Waals surface area contributed by atoms with Gasteiger partial charge in [-0.05, 0) is 50.0 Å². The summed E-state index contributed by atoms with van der Waals surface area (Å²) in [5.41, 5.74) is 1.79. The normalized spacial score (nSPS) is 16.9. The fraction of sp³-hybridized carbons (Fsp3) is 0.533. The largest absolute Gasteiger partial charge is 0.396 e. The summed E-state index contributed by atoms with van der Waals surface area (Å²) in [5.74, 6) is 0.419. The van der Waals surface area contributed by atoms with Gasteiger partial charge in [0.1, 0.15) is 0 Å². The molecule has 1 aromatic rings. The van der Waals surface area contributed by atoms with Crippen LogP contribution in [0.15, 0.2) is 24.3 Å². The number of aliphatic hydroxyl groups excluding tert-OH is 1. The van der Waals surface area contributed by atoms with Gasteiger partial charge in [-0.2, -0.15) is 0 Å². The van der Waals surface area contributed by atoms with Gasteiger partial charge in [0.25, 0.3) is 0 Å². The Bertz CT molecular complexity index is 442. The first kappa shape index (κ1) is 14.8. The van der Waals surface area contributed by atoms with Crippen LogP contribution in [0.3, 0.4) is 0 Å². The number of benzene rings is 1. The smallest absolute Gasteiger partial charge is 0.238 e. The molecule has 0 bridgehead atoms. The Labute approximate surface area is 120 Å². The number of likely N-dealkylation sites (tertiary alicyclic amines) is 1. The van der Waals surface area contributed by atoms with Crippen molar-refractivity contribution in [2.45, 2.75) is 12.8 Å². The molecule has 1 saturated heterocycles. The van der Waals surface area contributed by atoms with Crippen LogP contribution < -0.4 is 10.6 Å². The van der Waals surface area contributed by atoms with E-state index in [1.165, 1.54) is 0 Å². The van der Waals surface area contributed by atoms with Crippen LogP contribution in [0.25, 0.3) is 0 Å². The molecular weight excluding hydrogens is 254 g/mol. The fourth-order valence-electron chi connectivity index (χ4n) is 2.48. The minimum absolute atomic E-state index is 0.0145. The number of nitrogens with zero attached hydrogens (tertiary/aromatic N) is 1. The first-order valence-electron chi connectivity index (χ1n) is 7.12. The van der Waals surface area contributed by atoms with E-state index < -0.39 is 0 Å². The van der Waals surface area contributed by atoms with E-state index in [0.717, 1.165) is 37.3 Å². The summed E-state index contributed by atoms with van der Waals surface area (Å²) >= 11 is 0. The highest BCUT2D eigenvalue weighted by Gasteiger charge is 2.20. The van der Waals surface area contributed by atoms with Crippen LogP contribution in [0.1, 0.15) is 12.8 Å². The van der Waals surface area contributed by atoms with Gasteiger partial charge >= 0.3 is 0 Å². The number of carbonyl (C=O) groups excluding carboxylic acids is 1. The van der Waals surface area contributed by atoms with Crippen LogP contribution in [0.2, 0.25) is 0 Å². The number of nitrogens with one attached hydrogen (secondary N) is 2. The maximum atomic E-state index is 12.0. The zero-order chi connectivity index (χ0) is 14.4. The van der Waals surface area contributed by atoms with Crippen molar-refractivity contribution in [3.05, 3.63) is 24.3 Å². The van der Waals surface area contributed by atoms with Gasteiger partial charge in [-0.1, -0.05) is 6.07 Å². The molecule has 1 aliphatic heterocycles. The maximum Gasteiger partial charge on any atom is 0.238 e. The first-order chi connectivity index (χ1) is 9.71. The molecular formula is C15H23N3O2. The predicted octanol–water partition coefficient (Wildman–Crippen LogP) is 1.37. The molecule has 2 rings (SSSR count). The average molecular weight is 277 g/mol. The summed E-state index contributed by atoms with van der Waals surface area (Å²) in [6, 6.07) is 7.66. The van der Waals surface area contributed by atoms with Crippen molar-refractivity contribution in [1.82, 2.24) is 4.90 Å².